The molecule has 0 aliphatic carbocycles. The van der Waals surface area contributed by atoms with E-state index in [1.807, 2.05) is 31.3 Å². The van der Waals surface area contributed by atoms with E-state index in [-0.39, 0.29) is 0 Å². The molecule has 0 bridgehead atoms. The second-order valence-electron chi connectivity index (χ2n) is 5.84. The van der Waals surface area contributed by atoms with E-state index < -0.39 is 11.7 Å². The van der Waals surface area contributed by atoms with Crippen LogP contribution in [0.1, 0.15) is 16.7 Å². The van der Waals surface area contributed by atoms with E-state index in [4.69, 9.17) is 0 Å². The van der Waals surface area contributed by atoms with Crippen LogP contribution in [0.3, 0.4) is 0 Å². The lowest BCUT2D eigenvalue weighted by atomic mass is 9.98. The molecule has 3 rings (SSSR count). The molecule has 2 aromatic carbocycles. The number of benzene rings is 2. The maximum Gasteiger partial charge on any atom is 0.416 e. The van der Waals surface area contributed by atoms with Crippen molar-refractivity contribution < 1.29 is 13.2 Å². The summed E-state index contributed by atoms with van der Waals surface area (Å²) in [5.41, 5.74) is 1.89. The molecule has 0 spiro atoms. The van der Waals surface area contributed by atoms with Gasteiger partial charge in [0.05, 0.1) is 12.1 Å². The highest BCUT2D eigenvalue weighted by molar-refractivity contribution is 5.60. The van der Waals surface area contributed by atoms with Gasteiger partial charge in [0.25, 0.3) is 0 Å². The molecule has 0 aliphatic heterocycles. The first-order valence-electron chi connectivity index (χ1n) is 8.14. The Labute approximate surface area is 148 Å². The minimum absolute atomic E-state index is 0.485. The third kappa shape index (κ3) is 4.26. The highest BCUT2D eigenvalue weighted by Crippen LogP contribution is 2.30. The zero-order valence-electron chi connectivity index (χ0n) is 14.2. The van der Waals surface area contributed by atoms with Gasteiger partial charge < -0.3 is 5.32 Å². The zero-order chi connectivity index (χ0) is 18.6. The van der Waals surface area contributed by atoms with Crippen LogP contribution in [0.25, 0.3) is 11.4 Å². The van der Waals surface area contributed by atoms with Crippen LogP contribution in [0.15, 0.2) is 48.5 Å². The summed E-state index contributed by atoms with van der Waals surface area (Å²) in [7, 11) is 1.84. The van der Waals surface area contributed by atoms with Crippen molar-refractivity contribution in [1.29, 1.82) is 0 Å². The number of likely N-dealkylation sites (N-methyl/N-ethyl adjacent to an activating group) is 1. The molecule has 0 radical (unpaired) electrons. The van der Waals surface area contributed by atoms with Gasteiger partial charge in [-0.2, -0.15) is 18.0 Å². The second-order valence-corrected chi connectivity index (χ2v) is 5.84. The molecule has 0 fully saturated rings. The predicted octanol–water partition coefficient (Wildman–Crippen LogP) is 3.17. The summed E-state index contributed by atoms with van der Waals surface area (Å²) in [6.07, 6.45) is -3.84. The number of hydrogen-bond acceptors (Lipinski definition) is 4. The molecule has 0 unspecified atom stereocenters. The average Bonchev–Trinajstić information content (AvgIpc) is 3.09. The molecule has 0 amide bonds. The Morgan fingerprint density at radius 1 is 1.04 bits per heavy atom. The highest BCUT2D eigenvalue weighted by Gasteiger charge is 2.29. The molecule has 5 nitrogen and oxygen atoms in total. The van der Waals surface area contributed by atoms with Gasteiger partial charge >= 0.3 is 6.18 Å². The van der Waals surface area contributed by atoms with Crippen LogP contribution < -0.4 is 5.32 Å². The molecular weight excluding hydrogens is 343 g/mol. The number of nitrogens with zero attached hydrogens (tertiary/aromatic N) is 4. The first-order valence-corrected chi connectivity index (χ1v) is 8.14. The van der Waals surface area contributed by atoms with E-state index in [9.17, 15) is 13.2 Å². The number of rotatable bonds is 6. The maximum atomic E-state index is 12.7. The van der Waals surface area contributed by atoms with E-state index >= 15 is 0 Å². The van der Waals surface area contributed by atoms with Gasteiger partial charge in [-0.15, -0.1) is 10.2 Å². The van der Waals surface area contributed by atoms with Crippen molar-refractivity contribution >= 4 is 0 Å². The van der Waals surface area contributed by atoms with Gasteiger partial charge in [-0.3, -0.25) is 0 Å². The Bertz CT molecular complexity index is 856. The first kappa shape index (κ1) is 18.1. The summed E-state index contributed by atoms with van der Waals surface area (Å²) in [4.78, 5) is 1.51. The normalized spacial score (nSPS) is 11.7. The molecule has 1 N–H and O–H groups in total. The molecule has 0 atom stereocenters. The standard InChI is InChI=1S/C18H18F3N5/c1-22-10-11-26-24-17(23-25-26)16-5-3-2-4-14(16)12-13-6-8-15(9-7-13)18(19,20)21/h2-9,22H,10-12H2,1H3. The van der Waals surface area contributed by atoms with Crippen molar-refractivity contribution in [3.8, 4) is 11.4 Å². The molecule has 1 aromatic heterocycles. The van der Waals surface area contributed by atoms with Crippen LogP contribution in [0.5, 0.6) is 0 Å². The Morgan fingerprint density at radius 3 is 2.46 bits per heavy atom. The monoisotopic (exact) mass is 361 g/mol. The van der Waals surface area contributed by atoms with Gasteiger partial charge in [-0.1, -0.05) is 36.4 Å². The van der Waals surface area contributed by atoms with E-state index in [1.165, 1.54) is 16.9 Å². The Kier molecular flexibility index (Phi) is 5.32. The minimum Gasteiger partial charge on any atom is -0.318 e. The van der Waals surface area contributed by atoms with Gasteiger partial charge in [-0.25, -0.2) is 0 Å². The van der Waals surface area contributed by atoms with Gasteiger partial charge in [0.1, 0.15) is 0 Å². The number of aromatic nitrogens is 4. The van der Waals surface area contributed by atoms with Crippen molar-refractivity contribution in [2.75, 3.05) is 13.6 Å². The summed E-state index contributed by atoms with van der Waals surface area (Å²) in [6.45, 7) is 1.33. The van der Waals surface area contributed by atoms with E-state index in [0.29, 0.717) is 18.8 Å². The fraction of sp³-hybridized carbons (Fsp3) is 0.278. The number of nitrogens with one attached hydrogen (secondary N) is 1. The van der Waals surface area contributed by atoms with Crippen LogP contribution in [-0.2, 0) is 19.1 Å². The second kappa shape index (κ2) is 7.65. The molecule has 1 heterocycles. The fourth-order valence-corrected chi connectivity index (χ4v) is 2.58. The number of tetrazole rings is 1. The van der Waals surface area contributed by atoms with E-state index in [1.54, 1.807) is 0 Å². The van der Waals surface area contributed by atoms with Crippen molar-refractivity contribution in [1.82, 2.24) is 25.5 Å². The lowest BCUT2D eigenvalue weighted by Crippen LogP contribution is -2.16. The van der Waals surface area contributed by atoms with Crippen molar-refractivity contribution in [3.63, 3.8) is 0 Å². The third-order valence-corrected chi connectivity index (χ3v) is 3.95. The molecular formula is C18H18F3N5. The van der Waals surface area contributed by atoms with Crippen LogP contribution in [0.2, 0.25) is 0 Å². The molecule has 0 saturated carbocycles. The third-order valence-electron chi connectivity index (χ3n) is 3.95. The average molecular weight is 361 g/mol. The number of alkyl halides is 3. The Hall–Kier alpha value is -2.74. The van der Waals surface area contributed by atoms with E-state index in [0.717, 1.165) is 35.4 Å². The summed E-state index contributed by atoms with van der Waals surface area (Å²) < 4.78 is 38.1. The number of halogens is 3. The lowest BCUT2D eigenvalue weighted by Gasteiger charge is -2.09. The number of hydrogen-bond donors (Lipinski definition) is 1. The van der Waals surface area contributed by atoms with Gasteiger partial charge in [0.2, 0.25) is 5.82 Å². The van der Waals surface area contributed by atoms with Gasteiger partial charge in [0, 0.05) is 12.1 Å². The largest absolute Gasteiger partial charge is 0.416 e. The summed E-state index contributed by atoms with van der Waals surface area (Å²) in [6, 6.07) is 12.8. The van der Waals surface area contributed by atoms with Gasteiger partial charge in [-0.05, 0) is 41.9 Å². The zero-order valence-corrected chi connectivity index (χ0v) is 14.2. The van der Waals surface area contributed by atoms with Crippen LogP contribution >= 0.6 is 0 Å². The topological polar surface area (TPSA) is 55.6 Å². The molecule has 3 aromatic rings. The first-order chi connectivity index (χ1) is 12.5. The van der Waals surface area contributed by atoms with Crippen molar-refractivity contribution in [2.45, 2.75) is 19.1 Å². The van der Waals surface area contributed by atoms with Gasteiger partial charge in [0.15, 0.2) is 0 Å². The fourth-order valence-electron chi connectivity index (χ4n) is 2.58. The minimum atomic E-state index is -4.33. The summed E-state index contributed by atoms with van der Waals surface area (Å²) in [5.74, 6) is 0.503. The Balaban J connectivity index is 1.82. The summed E-state index contributed by atoms with van der Waals surface area (Å²) in [5, 5.41) is 15.5. The SMILES string of the molecule is CNCCn1nnc(-c2ccccc2Cc2ccc(C(F)(F)F)cc2)n1. The smallest absolute Gasteiger partial charge is 0.318 e. The summed E-state index contributed by atoms with van der Waals surface area (Å²) >= 11 is 0. The lowest BCUT2D eigenvalue weighted by molar-refractivity contribution is -0.137. The highest BCUT2D eigenvalue weighted by atomic mass is 19.4. The quantitative estimate of drug-likeness (QED) is 0.733. The van der Waals surface area contributed by atoms with Crippen molar-refractivity contribution in [3.05, 3.63) is 65.2 Å². The van der Waals surface area contributed by atoms with Crippen LogP contribution in [-0.4, -0.2) is 33.8 Å². The van der Waals surface area contributed by atoms with Crippen LogP contribution in [0.4, 0.5) is 13.2 Å². The Morgan fingerprint density at radius 2 is 1.77 bits per heavy atom. The van der Waals surface area contributed by atoms with Crippen LogP contribution in [0, 0.1) is 0 Å². The molecule has 0 aliphatic rings. The maximum absolute atomic E-state index is 12.7. The molecule has 0 saturated heterocycles. The predicted molar refractivity (Wildman–Crippen MR) is 91.4 cm³/mol. The van der Waals surface area contributed by atoms with E-state index in [2.05, 4.69) is 20.7 Å². The molecule has 8 heteroatoms. The van der Waals surface area contributed by atoms with Crippen molar-refractivity contribution in [2.24, 2.45) is 0 Å². The molecule has 136 valence electrons. The molecule has 26 heavy (non-hydrogen) atoms.